The van der Waals surface area contributed by atoms with E-state index in [1.807, 2.05) is 0 Å². The Morgan fingerprint density at radius 1 is 0.760 bits per heavy atom. The van der Waals surface area contributed by atoms with Gasteiger partial charge in [-0.2, -0.15) is 0 Å². The molecule has 2 fully saturated rings. The number of aromatic hydroxyl groups is 1. The van der Waals surface area contributed by atoms with Crippen molar-refractivity contribution in [3.05, 3.63) is 65.7 Å². The number of phenols is 1. The van der Waals surface area contributed by atoms with E-state index in [0.29, 0.717) is 21.9 Å². The number of guanidine groups is 1. The van der Waals surface area contributed by atoms with Crippen molar-refractivity contribution in [1.82, 2.24) is 42.1 Å². The number of rotatable bonds is 19. The van der Waals surface area contributed by atoms with Crippen LogP contribution in [0.3, 0.4) is 0 Å². The largest absolute Gasteiger partial charge is 0.508 e. The first kappa shape index (κ1) is 59.7. The van der Waals surface area contributed by atoms with E-state index in [9.17, 15) is 62.1 Å². The Labute approximate surface area is 437 Å². The summed E-state index contributed by atoms with van der Waals surface area (Å²) in [5.41, 5.74) is 28.0. The first-order valence-corrected chi connectivity index (χ1v) is 26.5. The highest BCUT2D eigenvalue weighted by atomic mass is 33.1. The molecule has 4 rings (SSSR count). The van der Waals surface area contributed by atoms with E-state index in [1.165, 1.54) is 24.3 Å². The van der Waals surface area contributed by atoms with Crippen LogP contribution in [0.5, 0.6) is 5.75 Å². The zero-order valence-electron chi connectivity index (χ0n) is 40.8. The maximum absolute atomic E-state index is 14.6. The minimum absolute atomic E-state index is 0.0203. The molecule has 408 valence electrons. The van der Waals surface area contributed by atoms with Gasteiger partial charge in [-0.3, -0.25) is 57.7 Å². The SMILES string of the molecule is NC(=O)CC[C@@H]1NC(=O)[C@H](Cc2ccccc2)NC(=O)[C@H](Cc2ccc(O)cc2)NC(=O)CCS(=O)SC[C@@H](C(=O)N2CCC[C@H]2C(=O)N[C@H](CCCN=C(N)N)C(=O)NCC(N)=O)NC(=O)[C@H](CC(N)=O)NC1=O. The Balaban J connectivity index is 1.71. The number of amides is 11. The number of carbonyl (C=O) groups excluding carboxylic acids is 11. The fraction of sp³-hybridized carbons (Fsp3) is 0.478. The molecule has 29 heteroatoms. The van der Waals surface area contributed by atoms with Crippen molar-refractivity contribution >= 4 is 91.6 Å². The molecule has 2 aliphatic heterocycles. The molecule has 2 heterocycles. The predicted octanol–water partition coefficient (Wildman–Crippen LogP) is -5.33. The maximum atomic E-state index is 14.6. The van der Waals surface area contributed by atoms with Crippen LogP contribution in [0.1, 0.15) is 62.5 Å². The molecule has 0 spiro atoms. The number of benzene rings is 2. The van der Waals surface area contributed by atoms with Gasteiger partial charge < -0.3 is 75.9 Å². The lowest BCUT2D eigenvalue weighted by molar-refractivity contribution is -0.142. The quantitative estimate of drug-likeness (QED) is 0.0270. The van der Waals surface area contributed by atoms with Gasteiger partial charge in [-0.05, 0) is 55.4 Å². The topological polar surface area (TPSA) is 455 Å². The minimum Gasteiger partial charge on any atom is -0.508 e. The van der Waals surface area contributed by atoms with Gasteiger partial charge in [0, 0.05) is 50.3 Å². The summed E-state index contributed by atoms with van der Waals surface area (Å²) in [7, 11) is -1.34. The molecule has 27 nitrogen and oxygen atoms in total. The van der Waals surface area contributed by atoms with Gasteiger partial charge in [0.05, 0.1) is 22.8 Å². The van der Waals surface area contributed by atoms with Crippen molar-refractivity contribution in [1.29, 1.82) is 0 Å². The van der Waals surface area contributed by atoms with Crippen LogP contribution >= 0.6 is 10.8 Å². The van der Waals surface area contributed by atoms with Crippen molar-refractivity contribution in [3.63, 3.8) is 0 Å². The van der Waals surface area contributed by atoms with Crippen LogP contribution in [0, 0.1) is 0 Å². The molecule has 11 amide bonds. The first-order valence-electron chi connectivity index (χ1n) is 23.7. The van der Waals surface area contributed by atoms with Crippen molar-refractivity contribution in [3.8, 4) is 5.75 Å². The van der Waals surface area contributed by atoms with Crippen LogP contribution in [0.15, 0.2) is 59.6 Å². The van der Waals surface area contributed by atoms with Gasteiger partial charge in [-0.25, -0.2) is 4.21 Å². The average Bonchev–Trinajstić information content (AvgIpc) is 3.86. The summed E-state index contributed by atoms with van der Waals surface area (Å²) in [6, 6.07) is 3.68. The number of hydrogen-bond acceptors (Lipinski definition) is 15. The fourth-order valence-electron chi connectivity index (χ4n) is 7.85. The number of likely N-dealkylation sites (tertiary alicyclic amines) is 1. The highest BCUT2D eigenvalue weighted by Gasteiger charge is 2.41. The highest BCUT2D eigenvalue weighted by Crippen LogP contribution is 2.22. The molecule has 2 aromatic rings. The second-order valence-electron chi connectivity index (χ2n) is 17.5. The predicted molar refractivity (Wildman–Crippen MR) is 273 cm³/mol. The standard InChI is InChI=1S/C46H64N14O13S2/c47-35(62)15-14-29-40(67)58-32(22-36(48)63)43(70)59-33(45(72)60-18-5-9-34(60)44(71)56-28(8-4-17-52-46(50)51)39(66)53-23-37(49)64)24-74-75(73)19-16-38(65)54-30(21-26-10-12-27(61)13-11-26)41(68)57-31(42(69)55-29)20-25-6-2-1-3-7-25/h1-3,6-7,10-13,28-34,61H,4-5,8-9,14-24H2,(H2,47,62)(H2,48,63)(H2,49,64)(H,53,66)(H,54,65)(H,55,69)(H,56,71)(H,57,68)(H,58,67)(H,59,70)(H4,50,51,52)/t28-,29+,30+,31+,32+,33+,34+,75?/m1/s1. The third-order valence-electron chi connectivity index (χ3n) is 11.6. The van der Waals surface area contributed by atoms with E-state index in [4.69, 9.17) is 28.7 Å². The molecule has 8 atom stereocenters. The Bertz CT molecular complexity index is 2460. The summed E-state index contributed by atoms with van der Waals surface area (Å²) >= 11 is 0. The van der Waals surface area contributed by atoms with E-state index in [1.54, 1.807) is 30.3 Å². The van der Waals surface area contributed by atoms with Crippen LogP contribution in [0.2, 0.25) is 0 Å². The number of hydrogen-bond donors (Lipinski definition) is 13. The lowest BCUT2D eigenvalue weighted by Gasteiger charge is -2.30. The number of nitrogens with two attached hydrogens (primary N) is 5. The molecule has 0 saturated carbocycles. The van der Waals surface area contributed by atoms with E-state index in [0.717, 1.165) is 4.90 Å². The summed E-state index contributed by atoms with van der Waals surface area (Å²) in [5, 5.41) is 27.4. The zero-order chi connectivity index (χ0) is 55.2. The number of aliphatic imine (C=N–C) groups is 1. The van der Waals surface area contributed by atoms with Crippen molar-refractivity contribution in [2.24, 2.45) is 33.7 Å². The highest BCUT2D eigenvalue weighted by molar-refractivity contribution is 8.69. The van der Waals surface area contributed by atoms with Gasteiger partial charge in [0.2, 0.25) is 65.0 Å². The molecular weight excluding hydrogens is 1020 g/mol. The van der Waals surface area contributed by atoms with Gasteiger partial charge in [0.15, 0.2) is 5.96 Å². The van der Waals surface area contributed by atoms with Gasteiger partial charge in [0.1, 0.15) is 48.0 Å². The van der Waals surface area contributed by atoms with Crippen LogP contribution in [-0.4, -0.2) is 159 Å². The number of carbonyl (C=O) groups is 11. The fourth-order valence-corrected chi connectivity index (χ4v) is 10.3. The van der Waals surface area contributed by atoms with Crippen LogP contribution in [0.4, 0.5) is 0 Å². The second-order valence-corrected chi connectivity index (χ2v) is 20.9. The molecule has 2 aliphatic rings. The zero-order valence-corrected chi connectivity index (χ0v) is 42.4. The first-order chi connectivity index (χ1) is 35.6. The monoisotopic (exact) mass is 1080 g/mol. The summed E-state index contributed by atoms with van der Waals surface area (Å²) < 4.78 is 13.6. The van der Waals surface area contributed by atoms with Crippen molar-refractivity contribution in [2.45, 2.75) is 107 Å². The third-order valence-corrected chi connectivity index (χ3v) is 14.6. The van der Waals surface area contributed by atoms with Crippen LogP contribution in [0.25, 0.3) is 0 Å². The van der Waals surface area contributed by atoms with E-state index in [-0.39, 0.29) is 69.1 Å². The lowest BCUT2D eigenvalue weighted by Crippen LogP contribution is -2.61. The minimum atomic E-state index is -1.98. The Morgan fingerprint density at radius 3 is 1.99 bits per heavy atom. The molecule has 1 unspecified atom stereocenters. The van der Waals surface area contributed by atoms with Crippen LogP contribution < -0.4 is 65.9 Å². The molecule has 2 saturated heterocycles. The van der Waals surface area contributed by atoms with E-state index >= 15 is 0 Å². The maximum Gasteiger partial charge on any atom is 0.246 e. The number of primary amides is 3. The molecule has 0 aromatic heterocycles. The summed E-state index contributed by atoms with van der Waals surface area (Å²) in [4.78, 5) is 153. The number of nitrogens with one attached hydrogen (secondary N) is 7. The van der Waals surface area contributed by atoms with Crippen molar-refractivity contribution in [2.75, 3.05) is 31.1 Å². The van der Waals surface area contributed by atoms with Gasteiger partial charge >= 0.3 is 0 Å². The summed E-state index contributed by atoms with van der Waals surface area (Å²) in [5.74, 6) is -11.3. The second kappa shape index (κ2) is 29.8. The molecular formula is C46H64N14O13S2. The molecule has 18 N–H and O–H groups in total. The van der Waals surface area contributed by atoms with Gasteiger partial charge in [-0.15, -0.1) is 0 Å². The summed E-state index contributed by atoms with van der Waals surface area (Å²) in [6.45, 7) is -0.524. The van der Waals surface area contributed by atoms with Crippen LogP contribution in [-0.2, 0) is 75.4 Å². The number of phenolic OH excluding ortho intramolecular Hbond substituents is 1. The lowest BCUT2D eigenvalue weighted by atomic mass is 10.0. The molecule has 75 heavy (non-hydrogen) atoms. The van der Waals surface area contributed by atoms with Crippen molar-refractivity contribution < 1.29 is 62.1 Å². The Morgan fingerprint density at radius 2 is 1.36 bits per heavy atom. The number of nitrogens with zero attached hydrogens (tertiary/aromatic N) is 2. The molecule has 0 radical (unpaired) electrons. The van der Waals surface area contributed by atoms with E-state index in [2.05, 4.69) is 42.2 Å². The molecule has 0 aliphatic carbocycles. The molecule has 2 aromatic carbocycles. The van der Waals surface area contributed by atoms with Gasteiger partial charge in [-0.1, -0.05) is 53.3 Å². The average molecular weight is 1090 g/mol. The van der Waals surface area contributed by atoms with E-state index < -0.39 is 155 Å². The third kappa shape index (κ3) is 20.5. The smallest absolute Gasteiger partial charge is 0.246 e. The normalized spacial score (nSPS) is 22.6. The summed E-state index contributed by atoms with van der Waals surface area (Å²) in [6.07, 6.45) is -2.02. The molecule has 0 bridgehead atoms. The van der Waals surface area contributed by atoms with Gasteiger partial charge in [0.25, 0.3) is 0 Å². The Kier molecular flexibility index (Phi) is 23.7. The Hall–Kier alpha value is -7.82.